The van der Waals surface area contributed by atoms with Crippen LogP contribution in [0, 0.1) is 22.7 Å². The number of ether oxygens (including phenoxy) is 7. The predicted octanol–water partition coefficient (Wildman–Crippen LogP) is 7.42. The summed E-state index contributed by atoms with van der Waals surface area (Å²) >= 11 is 0. The van der Waals surface area contributed by atoms with Crippen LogP contribution < -0.4 is 20.5 Å². The standard InChI is InChI=1S/C47H59N6O11P/c1-32(2)53(33(3)4)65(62-28-12-25-48)64-43-41(63-45(44(43)60-31-58-30-59-34(5)23-26-49)52-27-24-42(50-35(6)54)51-46(52)55)29-61-47(36-13-10-9-11-14-36,37-15-19-39(56-7)20-16-37)38-17-21-40(57-8)22-18-38/h9-11,13-22,24,27,32-34,41,43-45H,12,23,28-31H2,1-8H3,(H,50,51,54,55)/t34?,41-,43-,44-,45-,65?/m1/s1. The number of nitriles is 2. The van der Waals surface area contributed by atoms with Gasteiger partial charge in [0.2, 0.25) is 5.91 Å². The van der Waals surface area contributed by atoms with E-state index in [0.717, 1.165) is 16.7 Å². The Kier molecular flexibility index (Phi) is 19.4. The highest BCUT2D eigenvalue weighted by molar-refractivity contribution is 7.44. The van der Waals surface area contributed by atoms with E-state index in [0.29, 0.717) is 11.5 Å². The zero-order chi connectivity index (χ0) is 46.9. The first-order valence-electron chi connectivity index (χ1n) is 21.3. The molecule has 18 heteroatoms. The van der Waals surface area contributed by atoms with Crippen molar-refractivity contribution in [3.63, 3.8) is 0 Å². The number of hydrogen-bond acceptors (Lipinski definition) is 15. The quantitative estimate of drug-likeness (QED) is 0.0298. The molecule has 6 atom stereocenters. The summed E-state index contributed by atoms with van der Waals surface area (Å²) in [5, 5.41) is 21.2. The van der Waals surface area contributed by atoms with E-state index in [-0.39, 0.29) is 63.6 Å². The highest BCUT2D eigenvalue weighted by atomic mass is 31.2. The number of methoxy groups -OCH3 is 2. The highest BCUT2D eigenvalue weighted by Crippen LogP contribution is 2.51. The van der Waals surface area contributed by atoms with Gasteiger partial charge in [-0.15, -0.1) is 0 Å². The number of hydrogen-bond donors (Lipinski definition) is 1. The topological polar surface area (TPSA) is 198 Å². The van der Waals surface area contributed by atoms with Crippen molar-refractivity contribution >= 4 is 20.3 Å². The van der Waals surface area contributed by atoms with E-state index in [1.807, 2.05) is 107 Å². The Morgan fingerprint density at radius 2 is 1.49 bits per heavy atom. The van der Waals surface area contributed by atoms with Crippen LogP contribution in [0.4, 0.5) is 5.82 Å². The lowest BCUT2D eigenvalue weighted by atomic mass is 9.80. The first-order valence-corrected chi connectivity index (χ1v) is 22.4. The van der Waals surface area contributed by atoms with Gasteiger partial charge in [-0.05, 0) is 81.6 Å². The molecule has 5 rings (SSSR count). The van der Waals surface area contributed by atoms with Gasteiger partial charge in [0.25, 0.3) is 8.53 Å². The molecule has 1 aromatic heterocycles. The molecule has 348 valence electrons. The largest absolute Gasteiger partial charge is 0.497 e. The fraction of sp³-hybridized carbons (Fsp3) is 0.468. The van der Waals surface area contributed by atoms with Crippen molar-refractivity contribution in [1.82, 2.24) is 14.2 Å². The Morgan fingerprint density at radius 3 is 2.03 bits per heavy atom. The van der Waals surface area contributed by atoms with Crippen molar-refractivity contribution in [2.24, 2.45) is 0 Å². The van der Waals surface area contributed by atoms with E-state index in [2.05, 4.69) is 27.1 Å². The van der Waals surface area contributed by atoms with Crippen molar-refractivity contribution in [2.45, 2.75) is 103 Å². The zero-order valence-corrected chi connectivity index (χ0v) is 39.0. The summed E-state index contributed by atoms with van der Waals surface area (Å²) in [4.78, 5) is 29.9. The van der Waals surface area contributed by atoms with Crippen molar-refractivity contribution in [3.05, 3.63) is 118 Å². The number of carbonyl (C=O) groups is 1. The minimum Gasteiger partial charge on any atom is -0.497 e. The first kappa shape index (κ1) is 50.7. The van der Waals surface area contributed by atoms with Gasteiger partial charge in [-0.1, -0.05) is 54.6 Å². The maximum absolute atomic E-state index is 13.9. The summed E-state index contributed by atoms with van der Waals surface area (Å²) in [6, 6.07) is 30.6. The average molecular weight is 915 g/mol. The Balaban J connectivity index is 1.67. The Bertz CT molecular complexity index is 2180. The van der Waals surface area contributed by atoms with Gasteiger partial charge in [0, 0.05) is 25.2 Å². The molecule has 0 spiro atoms. The minimum atomic E-state index is -1.91. The normalized spacial score (nSPS) is 18.3. The van der Waals surface area contributed by atoms with Gasteiger partial charge in [0.1, 0.15) is 54.8 Å². The molecule has 1 aliphatic heterocycles. The SMILES string of the molecule is COc1ccc(C(OC[C@H]2O[C@@H](n3ccc(NC(C)=O)nc3=O)[C@H](OCOCOC(C)CC#N)[C@@H]2OP(OCCC#N)N(C(C)C)C(C)C)(c2ccccc2)c2ccc(OC)cc2)cc1. The van der Waals surface area contributed by atoms with Crippen LogP contribution in [0.2, 0.25) is 0 Å². The summed E-state index contributed by atoms with van der Waals surface area (Å²) in [6.45, 7) is 10.6. The summed E-state index contributed by atoms with van der Waals surface area (Å²) in [6.07, 6.45) is -2.89. The lowest BCUT2D eigenvalue weighted by Crippen LogP contribution is -2.43. The molecule has 0 bridgehead atoms. The first-order chi connectivity index (χ1) is 31.4. The number of rotatable bonds is 25. The molecule has 1 amide bonds. The van der Waals surface area contributed by atoms with Crippen LogP contribution in [0.3, 0.4) is 0 Å². The van der Waals surface area contributed by atoms with Gasteiger partial charge in [-0.25, -0.2) is 9.46 Å². The third-order valence-electron chi connectivity index (χ3n) is 10.4. The number of anilines is 1. The number of amides is 1. The van der Waals surface area contributed by atoms with Crippen molar-refractivity contribution < 1.29 is 47.0 Å². The van der Waals surface area contributed by atoms with Gasteiger partial charge in [0.05, 0.1) is 58.5 Å². The van der Waals surface area contributed by atoms with Crippen LogP contribution in [0.15, 0.2) is 95.9 Å². The maximum Gasteiger partial charge on any atom is 0.351 e. The minimum absolute atomic E-state index is 0.0550. The van der Waals surface area contributed by atoms with Crippen molar-refractivity contribution in [1.29, 1.82) is 10.5 Å². The maximum atomic E-state index is 13.9. The summed E-state index contributed by atoms with van der Waals surface area (Å²) in [5.74, 6) is 0.962. The fourth-order valence-corrected chi connectivity index (χ4v) is 9.19. The number of nitrogens with one attached hydrogen (secondary N) is 1. The van der Waals surface area contributed by atoms with E-state index in [9.17, 15) is 14.9 Å². The summed E-state index contributed by atoms with van der Waals surface area (Å²) < 4.78 is 60.1. The molecule has 1 saturated heterocycles. The highest BCUT2D eigenvalue weighted by Gasteiger charge is 2.52. The molecule has 1 N–H and O–H groups in total. The van der Waals surface area contributed by atoms with Crippen LogP contribution >= 0.6 is 8.53 Å². The lowest BCUT2D eigenvalue weighted by Gasteiger charge is -2.39. The Labute approximate surface area is 382 Å². The van der Waals surface area contributed by atoms with Gasteiger partial charge < -0.3 is 47.5 Å². The number of benzene rings is 3. The smallest absolute Gasteiger partial charge is 0.351 e. The molecule has 17 nitrogen and oxygen atoms in total. The molecule has 4 aromatic rings. The van der Waals surface area contributed by atoms with Crippen molar-refractivity contribution in [2.75, 3.05) is 46.3 Å². The van der Waals surface area contributed by atoms with Crippen LogP contribution in [0.25, 0.3) is 0 Å². The number of aromatic nitrogens is 2. The van der Waals surface area contributed by atoms with Gasteiger partial charge >= 0.3 is 5.69 Å². The van der Waals surface area contributed by atoms with E-state index in [4.69, 9.17) is 47.5 Å². The second kappa shape index (κ2) is 24.8. The van der Waals surface area contributed by atoms with E-state index < -0.39 is 50.3 Å². The summed E-state index contributed by atoms with van der Waals surface area (Å²) in [7, 11) is 1.29. The molecule has 0 radical (unpaired) electrons. The van der Waals surface area contributed by atoms with Crippen LogP contribution in [0.1, 0.15) is 77.3 Å². The molecule has 1 aliphatic rings. The van der Waals surface area contributed by atoms with Crippen molar-refractivity contribution in [3.8, 4) is 23.6 Å². The van der Waals surface area contributed by atoms with E-state index in [1.54, 1.807) is 21.1 Å². The van der Waals surface area contributed by atoms with Crippen LogP contribution in [-0.4, -0.2) is 97.6 Å². The Morgan fingerprint density at radius 1 is 0.877 bits per heavy atom. The third-order valence-corrected chi connectivity index (χ3v) is 12.5. The monoisotopic (exact) mass is 914 g/mol. The number of nitrogens with zero attached hydrogens (tertiary/aromatic N) is 5. The predicted molar refractivity (Wildman–Crippen MR) is 242 cm³/mol. The molecule has 65 heavy (non-hydrogen) atoms. The Hall–Kier alpha value is -5.30. The molecular formula is C47H59N6O11P. The second-order valence-corrected chi connectivity index (χ2v) is 17.0. The van der Waals surface area contributed by atoms with E-state index in [1.165, 1.54) is 23.8 Å². The molecule has 1 fully saturated rings. The fourth-order valence-electron chi connectivity index (χ4n) is 7.42. The average Bonchev–Trinajstić information content (AvgIpc) is 3.62. The molecule has 2 unspecified atom stereocenters. The number of carbonyl (C=O) groups excluding carboxylic acids is 1. The molecule has 2 heterocycles. The molecular weight excluding hydrogens is 856 g/mol. The van der Waals surface area contributed by atoms with Gasteiger partial charge in [-0.2, -0.15) is 15.5 Å². The lowest BCUT2D eigenvalue weighted by molar-refractivity contribution is -0.182. The zero-order valence-electron chi connectivity index (χ0n) is 38.1. The molecule has 0 saturated carbocycles. The van der Waals surface area contributed by atoms with Crippen LogP contribution in [-0.2, 0) is 43.1 Å². The third kappa shape index (κ3) is 13.2. The van der Waals surface area contributed by atoms with Crippen LogP contribution in [0.5, 0.6) is 11.5 Å². The summed E-state index contributed by atoms with van der Waals surface area (Å²) in [5.41, 5.74) is 0.344. The van der Waals surface area contributed by atoms with Gasteiger partial charge in [-0.3, -0.25) is 9.36 Å². The van der Waals surface area contributed by atoms with Gasteiger partial charge in [0.15, 0.2) is 6.23 Å². The van der Waals surface area contributed by atoms with E-state index >= 15 is 0 Å². The molecule has 3 aromatic carbocycles. The second-order valence-electron chi connectivity index (χ2n) is 15.6. The molecule has 0 aliphatic carbocycles.